The number of anilines is 1. The first kappa shape index (κ1) is 31.9. The maximum Gasteiger partial charge on any atom is 0.435 e. The van der Waals surface area contributed by atoms with Crippen molar-refractivity contribution in [3.05, 3.63) is 76.9 Å². The molecule has 2 N–H and O–H groups in total. The lowest BCUT2D eigenvalue weighted by atomic mass is 9.93. The average Bonchev–Trinajstić information content (AvgIpc) is 2.88. The number of phenolic OH excluding ortho intramolecular Hbond substituents is 1. The highest BCUT2D eigenvalue weighted by Crippen LogP contribution is 2.55. The molecule has 0 unspecified atom stereocenters. The molecule has 0 heterocycles. The van der Waals surface area contributed by atoms with E-state index in [0.29, 0.717) is 0 Å². The summed E-state index contributed by atoms with van der Waals surface area (Å²) in [6.45, 7) is -2.13. The number of alkyl halides is 9. The van der Waals surface area contributed by atoms with Gasteiger partial charge in [-0.2, -0.15) is 35.1 Å². The third-order valence-corrected chi connectivity index (χ3v) is 5.63. The number of para-hydroxylation sites is 1. The summed E-state index contributed by atoms with van der Waals surface area (Å²) >= 11 is 0. The number of carbonyl (C=O) groups is 2. The van der Waals surface area contributed by atoms with Gasteiger partial charge in [0.15, 0.2) is 17.2 Å². The molecule has 0 aromatic heterocycles. The summed E-state index contributed by atoms with van der Waals surface area (Å²) < 4.78 is 134. The minimum absolute atomic E-state index is 0.109. The van der Waals surface area contributed by atoms with Crippen LogP contribution in [0.3, 0.4) is 0 Å². The number of esters is 1. The molecule has 0 bridgehead atoms. The maximum absolute atomic E-state index is 14.5. The van der Waals surface area contributed by atoms with Gasteiger partial charge in [-0.3, -0.25) is 4.79 Å². The minimum atomic E-state index is -6.64. The molecule has 0 atom stereocenters. The van der Waals surface area contributed by atoms with Gasteiger partial charge in [-0.15, -0.1) is 0 Å². The number of aromatic hydroxyl groups is 1. The highest BCUT2D eigenvalue weighted by Gasteiger charge is 2.73. The first-order valence-corrected chi connectivity index (χ1v) is 11.3. The fraction of sp³-hybridized carbons (Fsp3) is 0.231. The van der Waals surface area contributed by atoms with Crippen molar-refractivity contribution in [2.24, 2.45) is 0 Å². The number of phenols is 1. The van der Waals surface area contributed by atoms with Crippen LogP contribution in [0, 0.1) is 6.92 Å². The second kappa shape index (κ2) is 11.7. The monoisotopic (exact) mass is 611 g/mol. The normalized spacial score (nSPS) is 12.2. The molecule has 3 aromatic rings. The summed E-state index contributed by atoms with van der Waals surface area (Å²) in [5, 5.41) is 12.0. The van der Waals surface area contributed by atoms with Crippen LogP contribution >= 0.6 is 0 Å². The van der Waals surface area contributed by atoms with Gasteiger partial charge in [0.25, 0.3) is 5.91 Å². The van der Waals surface area contributed by atoms with E-state index in [1.54, 1.807) is 24.4 Å². The van der Waals surface area contributed by atoms with Crippen LogP contribution in [0.5, 0.6) is 23.0 Å². The van der Waals surface area contributed by atoms with Gasteiger partial charge in [0.1, 0.15) is 11.4 Å². The molecule has 1 amide bonds. The third kappa shape index (κ3) is 6.31. The van der Waals surface area contributed by atoms with Crippen molar-refractivity contribution in [2.75, 3.05) is 12.4 Å². The highest BCUT2D eigenvalue weighted by atomic mass is 19.4. The van der Waals surface area contributed by atoms with E-state index in [2.05, 4.69) is 4.74 Å². The molecule has 0 radical (unpaired) electrons. The van der Waals surface area contributed by atoms with E-state index < -0.39 is 70.6 Å². The van der Waals surface area contributed by atoms with Crippen molar-refractivity contribution in [2.45, 2.75) is 31.6 Å². The number of hydrogen-bond acceptors (Lipinski definition) is 6. The zero-order valence-electron chi connectivity index (χ0n) is 21.2. The molecular formula is C26H18F9NO6. The largest absolute Gasteiger partial charge is 0.506 e. The van der Waals surface area contributed by atoms with Crippen LogP contribution in [0.25, 0.3) is 0 Å². The number of nitrogens with one attached hydrogen (secondary N) is 1. The standard InChI is InChI=1S/C26H18F9NO6/c1-12-6-8-13(9-7-12)22(39)41-17-5-3-4-15(20(17)40-2)21(38)36-19-16(37)10-14(11-18(19)42-23(27)28)24(29,25(30,31)32)26(33,34)35/h3-11,23,37H,1-2H3,(H,36,38). The smallest absolute Gasteiger partial charge is 0.435 e. The Balaban J connectivity index is 2.04. The number of hydrogen-bond donors (Lipinski definition) is 2. The molecular weight excluding hydrogens is 593 g/mol. The van der Waals surface area contributed by atoms with Crippen molar-refractivity contribution in [3.8, 4) is 23.0 Å². The van der Waals surface area contributed by atoms with Crippen molar-refractivity contribution in [3.63, 3.8) is 0 Å². The van der Waals surface area contributed by atoms with Crippen LogP contribution in [0.15, 0.2) is 54.6 Å². The fourth-order valence-electron chi connectivity index (χ4n) is 3.62. The molecule has 3 rings (SSSR count). The topological polar surface area (TPSA) is 94.1 Å². The molecule has 16 heteroatoms. The van der Waals surface area contributed by atoms with Crippen molar-refractivity contribution in [1.29, 1.82) is 0 Å². The van der Waals surface area contributed by atoms with E-state index in [-0.39, 0.29) is 23.4 Å². The highest BCUT2D eigenvalue weighted by molar-refractivity contribution is 6.08. The lowest BCUT2D eigenvalue weighted by Gasteiger charge is -2.31. The quantitative estimate of drug-likeness (QED) is 0.123. The lowest BCUT2D eigenvalue weighted by Crippen LogP contribution is -2.50. The van der Waals surface area contributed by atoms with Gasteiger partial charge < -0.3 is 24.6 Å². The van der Waals surface area contributed by atoms with Crippen LogP contribution in [0.1, 0.15) is 31.8 Å². The molecule has 0 aliphatic heterocycles. The Morgan fingerprint density at radius 2 is 1.48 bits per heavy atom. The van der Waals surface area contributed by atoms with Crippen LogP contribution in [-0.4, -0.2) is 43.1 Å². The van der Waals surface area contributed by atoms with Gasteiger partial charge in [-0.25, -0.2) is 9.18 Å². The Morgan fingerprint density at radius 1 is 0.881 bits per heavy atom. The van der Waals surface area contributed by atoms with Gasteiger partial charge in [-0.05, 0) is 43.3 Å². The van der Waals surface area contributed by atoms with Crippen LogP contribution in [-0.2, 0) is 5.67 Å². The number of carbonyl (C=O) groups excluding carboxylic acids is 2. The Hall–Kier alpha value is -4.63. The molecule has 42 heavy (non-hydrogen) atoms. The van der Waals surface area contributed by atoms with E-state index >= 15 is 0 Å². The molecule has 0 aliphatic rings. The molecule has 226 valence electrons. The fourth-order valence-corrected chi connectivity index (χ4v) is 3.62. The lowest BCUT2D eigenvalue weighted by molar-refractivity contribution is -0.348. The molecule has 0 spiro atoms. The number of rotatable bonds is 8. The minimum Gasteiger partial charge on any atom is -0.506 e. The average molecular weight is 611 g/mol. The second-order valence-electron chi connectivity index (χ2n) is 8.45. The summed E-state index contributed by atoms with van der Waals surface area (Å²) in [5.74, 6) is -6.29. The first-order chi connectivity index (χ1) is 19.4. The molecule has 0 fully saturated rings. The number of ether oxygens (including phenoxy) is 3. The van der Waals surface area contributed by atoms with Gasteiger partial charge in [0, 0.05) is 5.56 Å². The number of amides is 1. The Kier molecular flexibility index (Phi) is 8.88. The molecule has 3 aromatic carbocycles. The van der Waals surface area contributed by atoms with Gasteiger partial charge in [0.2, 0.25) is 0 Å². The maximum atomic E-state index is 14.5. The van der Waals surface area contributed by atoms with Crippen LogP contribution in [0.4, 0.5) is 45.2 Å². The number of methoxy groups -OCH3 is 1. The van der Waals surface area contributed by atoms with E-state index in [9.17, 15) is 54.2 Å². The molecule has 0 saturated carbocycles. The molecule has 0 aliphatic carbocycles. The van der Waals surface area contributed by atoms with E-state index in [0.717, 1.165) is 18.7 Å². The zero-order valence-corrected chi connectivity index (χ0v) is 21.2. The second-order valence-corrected chi connectivity index (χ2v) is 8.45. The van der Waals surface area contributed by atoms with Crippen molar-refractivity contribution < 1.29 is 68.4 Å². The Labute approximate surface area is 230 Å². The predicted molar refractivity (Wildman–Crippen MR) is 127 cm³/mol. The summed E-state index contributed by atoms with van der Waals surface area (Å²) in [5.41, 5.74) is -9.25. The number of halogens is 9. The summed E-state index contributed by atoms with van der Waals surface area (Å²) in [7, 11) is 1.04. The Bertz CT molecular complexity index is 1460. The molecule has 0 saturated heterocycles. The van der Waals surface area contributed by atoms with E-state index in [4.69, 9.17) is 9.47 Å². The van der Waals surface area contributed by atoms with Gasteiger partial charge in [0.05, 0.1) is 18.2 Å². The third-order valence-electron chi connectivity index (χ3n) is 5.63. The SMILES string of the molecule is COc1c(OC(=O)c2ccc(C)cc2)cccc1C(=O)Nc1c(O)cc(C(F)(C(F)(F)F)C(F)(F)F)cc1OC(F)F. The number of aryl methyl sites for hydroxylation is 1. The summed E-state index contributed by atoms with van der Waals surface area (Å²) in [6.07, 6.45) is -13.3. The van der Waals surface area contributed by atoms with Crippen molar-refractivity contribution >= 4 is 17.6 Å². The zero-order chi connectivity index (χ0) is 31.6. The summed E-state index contributed by atoms with van der Waals surface area (Å²) in [4.78, 5) is 25.5. The van der Waals surface area contributed by atoms with Crippen molar-refractivity contribution in [1.82, 2.24) is 0 Å². The van der Waals surface area contributed by atoms with E-state index in [1.165, 1.54) is 24.3 Å². The number of benzene rings is 3. The van der Waals surface area contributed by atoms with Gasteiger partial charge in [-0.1, -0.05) is 23.8 Å². The first-order valence-electron chi connectivity index (χ1n) is 11.3. The predicted octanol–water partition coefficient (Wildman–Crippen LogP) is 7.07. The molecule has 7 nitrogen and oxygen atoms in total. The van der Waals surface area contributed by atoms with E-state index in [1.807, 2.05) is 0 Å². The van der Waals surface area contributed by atoms with Crippen LogP contribution in [0.2, 0.25) is 0 Å². The van der Waals surface area contributed by atoms with Crippen LogP contribution < -0.4 is 19.5 Å². The Morgan fingerprint density at radius 3 is 2.00 bits per heavy atom. The summed E-state index contributed by atoms with van der Waals surface area (Å²) in [6, 6.07) is 8.81. The van der Waals surface area contributed by atoms with Gasteiger partial charge >= 0.3 is 30.6 Å².